The molecule has 0 radical (unpaired) electrons. The normalized spacial score (nSPS) is 24.1. The summed E-state index contributed by atoms with van der Waals surface area (Å²) in [4.78, 5) is 0. The van der Waals surface area contributed by atoms with Gasteiger partial charge in [-0.2, -0.15) is 0 Å². The Hall–Kier alpha value is -0.410. The molecule has 1 aliphatic carbocycles. The summed E-state index contributed by atoms with van der Waals surface area (Å²) >= 11 is 0. The molecule has 0 aromatic heterocycles. The van der Waals surface area contributed by atoms with Gasteiger partial charge in [-0.25, -0.2) is 4.57 Å². The van der Waals surface area contributed by atoms with Gasteiger partial charge in [0, 0.05) is 0 Å². The monoisotopic (exact) mass is 288 g/mol. The Morgan fingerprint density at radius 1 is 1.42 bits per heavy atom. The third-order valence-electron chi connectivity index (χ3n) is 3.26. The number of phosphoric acid groups is 1. The van der Waals surface area contributed by atoms with E-state index in [0.717, 1.165) is 24.0 Å². The minimum atomic E-state index is -3.45. The van der Waals surface area contributed by atoms with Gasteiger partial charge in [0.1, 0.15) is 0 Å². The molecule has 110 valence electrons. The molecule has 0 bridgehead atoms. The van der Waals surface area contributed by atoms with Gasteiger partial charge in [0.15, 0.2) is 0 Å². The summed E-state index contributed by atoms with van der Waals surface area (Å²) in [6, 6.07) is 0. The van der Waals surface area contributed by atoms with Crippen LogP contribution in [0.4, 0.5) is 0 Å². The maximum Gasteiger partial charge on any atom is 0.475 e. The minimum Gasteiger partial charge on any atom is -0.287 e. The molecule has 0 unspecified atom stereocenters. The summed E-state index contributed by atoms with van der Waals surface area (Å²) in [5.41, 5.74) is 2.21. The van der Waals surface area contributed by atoms with Crippen molar-refractivity contribution < 1.29 is 18.1 Å². The van der Waals surface area contributed by atoms with Crippen LogP contribution in [0.3, 0.4) is 0 Å². The summed E-state index contributed by atoms with van der Waals surface area (Å²) in [5.74, 6) is 0.366. The molecule has 0 amide bonds. The van der Waals surface area contributed by atoms with Crippen molar-refractivity contribution in [3.63, 3.8) is 0 Å². The summed E-state index contributed by atoms with van der Waals surface area (Å²) in [7, 11) is -3.45. The lowest BCUT2D eigenvalue weighted by Gasteiger charge is -2.30. The van der Waals surface area contributed by atoms with E-state index < -0.39 is 7.82 Å². The van der Waals surface area contributed by atoms with Gasteiger partial charge in [-0.05, 0) is 52.0 Å². The van der Waals surface area contributed by atoms with Crippen molar-refractivity contribution in [1.29, 1.82) is 0 Å². The fraction of sp³-hybridized carbons (Fsp3) is 0.714. The number of hydrogen-bond acceptors (Lipinski definition) is 4. The van der Waals surface area contributed by atoms with E-state index in [1.807, 2.05) is 13.8 Å². The van der Waals surface area contributed by atoms with Gasteiger partial charge in [0.25, 0.3) is 0 Å². The van der Waals surface area contributed by atoms with Gasteiger partial charge in [-0.15, -0.1) is 0 Å². The van der Waals surface area contributed by atoms with Crippen molar-refractivity contribution in [3.05, 3.63) is 23.8 Å². The molecule has 0 aromatic rings. The van der Waals surface area contributed by atoms with Crippen molar-refractivity contribution in [2.75, 3.05) is 13.2 Å². The van der Waals surface area contributed by atoms with E-state index >= 15 is 0 Å². The molecule has 0 spiro atoms. The number of hydrogen-bond donors (Lipinski definition) is 0. The Bertz CT molecular complexity index is 379. The zero-order valence-corrected chi connectivity index (χ0v) is 13.2. The molecule has 0 saturated carbocycles. The highest BCUT2D eigenvalue weighted by atomic mass is 31.2. The molecular weight excluding hydrogens is 263 g/mol. The van der Waals surface area contributed by atoms with E-state index in [9.17, 15) is 4.57 Å². The van der Waals surface area contributed by atoms with E-state index in [-0.39, 0.29) is 6.10 Å². The molecule has 0 heterocycles. The summed E-state index contributed by atoms with van der Waals surface area (Å²) in [6.45, 7) is 12.1. The lowest BCUT2D eigenvalue weighted by atomic mass is 9.84. The van der Waals surface area contributed by atoms with Crippen LogP contribution < -0.4 is 0 Å². The first kappa shape index (κ1) is 16.6. The van der Waals surface area contributed by atoms with Gasteiger partial charge in [0.05, 0.1) is 19.3 Å². The molecule has 0 fully saturated rings. The second kappa shape index (κ2) is 7.39. The topological polar surface area (TPSA) is 44.8 Å². The largest absolute Gasteiger partial charge is 0.475 e. The lowest BCUT2D eigenvalue weighted by molar-refractivity contribution is 0.0859. The van der Waals surface area contributed by atoms with Crippen molar-refractivity contribution in [2.45, 2.75) is 46.6 Å². The Kier molecular flexibility index (Phi) is 6.48. The quantitative estimate of drug-likeness (QED) is 0.511. The van der Waals surface area contributed by atoms with Crippen molar-refractivity contribution in [2.24, 2.45) is 5.92 Å². The maximum atomic E-state index is 12.4. The Labute approximate surface area is 116 Å². The predicted molar refractivity (Wildman–Crippen MR) is 77.0 cm³/mol. The van der Waals surface area contributed by atoms with E-state index in [2.05, 4.69) is 12.7 Å². The summed E-state index contributed by atoms with van der Waals surface area (Å²) in [6.07, 6.45) is 3.64. The first-order valence-corrected chi connectivity index (χ1v) is 8.27. The first-order valence-electron chi connectivity index (χ1n) is 6.81. The average molecular weight is 288 g/mol. The fourth-order valence-corrected chi connectivity index (χ4v) is 3.49. The van der Waals surface area contributed by atoms with E-state index in [1.165, 1.54) is 0 Å². The second-order valence-corrected chi connectivity index (χ2v) is 6.46. The zero-order valence-electron chi connectivity index (χ0n) is 12.3. The Morgan fingerprint density at radius 2 is 2.00 bits per heavy atom. The highest BCUT2D eigenvalue weighted by molar-refractivity contribution is 7.48. The summed E-state index contributed by atoms with van der Waals surface area (Å²) in [5, 5.41) is 0. The van der Waals surface area contributed by atoms with Crippen molar-refractivity contribution >= 4 is 7.82 Å². The number of allylic oxidation sites excluding steroid dienone is 2. The van der Waals surface area contributed by atoms with Gasteiger partial charge in [0.2, 0.25) is 0 Å². The van der Waals surface area contributed by atoms with E-state index in [0.29, 0.717) is 19.1 Å². The molecule has 0 saturated heterocycles. The van der Waals surface area contributed by atoms with Crippen LogP contribution in [0.15, 0.2) is 23.8 Å². The average Bonchev–Trinajstić information content (AvgIpc) is 2.32. The van der Waals surface area contributed by atoms with Crippen LogP contribution in [-0.4, -0.2) is 19.3 Å². The molecule has 19 heavy (non-hydrogen) atoms. The highest BCUT2D eigenvalue weighted by Gasteiger charge is 2.33. The fourth-order valence-electron chi connectivity index (χ4n) is 2.10. The SMILES string of the molecule is C=C(C)[C@@H]1CC=C(C)[C@@H](OP(=O)(OCC)OCC)C1. The first-order chi connectivity index (χ1) is 8.91. The highest BCUT2D eigenvalue weighted by Crippen LogP contribution is 2.52. The molecule has 1 aliphatic rings. The predicted octanol–water partition coefficient (Wildman–Crippen LogP) is 4.49. The molecule has 0 aliphatic heterocycles. The lowest BCUT2D eigenvalue weighted by Crippen LogP contribution is -2.23. The number of phosphoric ester groups is 1. The van der Waals surface area contributed by atoms with Gasteiger partial charge < -0.3 is 0 Å². The minimum absolute atomic E-state index is 0.223. The van der Waals surface area contributed by atoms with Crippen molar-refractivity contribution in [1.82, 2.24) is 0 Å². The van der Waals surface area contributed by atoms with E-state index in [1.54, 1.807) is 13.8 Å². The van der Waals surface area contributed by atoms with Crippen LogP contribution in [0, 0.1) is 5.92 Å². The van der Waals surface area contributed by atoms with Gasteiger partial charge in [-0.1, -0.05) is 18.2 Å². The Morgan fingerprint density at radius 3 is 2.47 bits per heavy atom. The molecule has 1 rings (SSSR count). The molecule has 2 atom stereocenters. The van der Waals surface area contributed by atoms with Crippen LogP contribution >= 0.6 is 7.82 Å². The second-order valence-electron chi connectivity index (χ2n) is 4.84. The van der Waals surface area contributed by atoms with Crippen LogP contribution in [0.5, 0.6) is 0 Å². The van der Waals surface area contributed by atoms with Crippen molar-refractivity contribution in [3.8, 4) is 0 Å². The van der Waals surface area contributed by atoms with Crippen LogP contribution in [0.25, 0.3) is 0 Å². The van der Waals surface area contributed by atoms with Gasteiger partial charge >= 0.3 is 7.82 Å². The third-order valence-corrected chi connectivity index (χ3v) is 4.92. The standard InChI is InChI=1S/C14H25O4P/c1-6-16-19(15,17-7-2)18-14-10-13(11(3)4)9-8-12(14)5/h8,13-14H,3,6-7,9-10H2,1-2,4-5H3/t13-,14+/m1/s1. The molecule has 5 heteroatoms. The molecule has 4 nitrogen and oxygen atoms in total. The Balaban J connectivity index is 2.77. The van der Waals surface area contributed by atoms with Gasteiger partial charge in [-0.3, -0.25) is 13.6 Å². The van der Waals surface area contributed by atoms with Crippen LogP contribution in [0.1, 0.15) is 40.5 Å². The zero-order chi connectivity index (χ0) is 14.5. The number of rotatable bonds is 7. The third kappa shape index (κ3) is 4.88. The van der Waals surface area contributed by atoms with E-state index in [4.69, 9.17) is 13.6 Å². The molecule has 0 N–H and O–H groups in total. The molecular formula is C14H25O4P. The van der Waals surface area contributed by atoms with Crippen LogP contribution in [-0.2, 0) is 18.1 Å². The smallest absolute Gasteiger partial charge is 0.287 e. The maximum absolute atomic E-state index is 12.4. The summed E-state index contributed by atoms with van der Waals surface area (Å²) < 4.78 is 28.4. The molecule has 0 aromatic carbocycles. The van der Waals surface area contributed by atoms with Crippen LogP contribution in [0.2, 0.25) is 0 Å².